The Hall–Kier alpha value is -3.05. The highest BCUT2D eigenvalue weighted by atomic mass is 32.2. The maximum Gasteiger partial charge on any atom is 0.248 e. The van der Waals surface area contributed by atoms with Crippen molar-refractivity contribution in [1.29, 1.82) is 0 Å². The second-order valence-corrected chi connectivity index (χ2v) is 9.57. The highest BCUT2D eigenvalue weighted by molar-refractivity contribution is 8.00. The number of nitrogens with one attached hydrogen (secondary N) is 2. The summed E-state index contributed by atoms with van der Waals surface area (Å²) in [6, 6.07) is 9.80. The van der Waals surface area contributed by atoms with Gasteiger partial charge in [0, 0.05) is 11.8 Å². The first-order chi connectivity index (χ1) is 16.4. The second-order valence-electron chi connectivity index (χ2n) is 7.37. The average molecular weight is 507 g/mol. The number of carbonyl (C=O) groups excluding carboxylic acids is 2. The number of amides is 2. The number of anilines is 1. The van der Waals surface area contributed by atoms with Gasteiger partial charge in [-0.2, -0.15) is 0 Å². The standard InChI is InChI=1S/C23H24F2N4O3S2/c1-3-5-19(26-20(30)11-15-8-16(24)12-17(25)9-15)21(31)27-22-28-29-23(34-22)33-13-14-6-4-7-18(10-14)32-2/h4,6-10,12,19H,3,5,11,13H2,1-2H3,(H,26,30)(H,27,28,31). The van der Waals surface area contributed by atoms with Gasteiger partial charge in [0.05, 0.1) is 13.5 Å². The summed E-state index contributed by atoms with van der Waals surface area (Å²) >= 11 is 2.71. The highest BCUT2D eigenvalue weighted by Gasteiger charge is 2.22. The number of benzene rings is 2. The SMILES string of the molecule is CCCC(NC(=O)Cc1cc(F)cc(F)c1)C(=O)Nc1nnc(SCc2cccc(OC)c2)s1. The van der Waals surface area contributed by atoms with E-state index in [0.717, 1.165) is 29.5 Å². The van der Waals surface area contributed by atoms with Crippen molar-refractivity contribution in [2.75, 3.05) is 12.4 Å². The Morgan fingerprint density at radius 2 is 1.88 bits per heavy atom. The Balaban J connectivity index is 1.55. The Bertz CT molecular complexity index is 1120. The summed E-state index contributed by atoms with van der Waals surface area (Å²) in [5, 5.41) is 13.7. The number of nitrogens with zero attached hydrogens (tertiary/aromatic N) is 2. The molecule has 1 unspecified atom stereocenters. The quantitative estimate of drug-likeness (QED) is 0.292. The topological polar surface area (TPSA) is 93.2 Å². The van der Waals surface area contributed by atoms with Crippen LogP contribution < -0.4 is 15.4 Å². The molecule has 3 rings (SSSR count). The van der Waals surface area contributed by atoms with E-state index in [4.69, 9.17) is 4.74 Å². The molecular formula is C23H24F2N4O3S2. The molecule has 0 aliphatic heterocycles. The Kier molecular flexibility index (Phi) is 9.34. The third-order valence-corrected chi connectivity index (χ3v) is 6.69. The third-order valence-electron chi connectivity index (χ3n) is 4.65. The highest BCUT2D eigenvalue weighted by Crippen LogP contribution is 2.29. The zero-order valence-electron chi connectivity index (χ0n) is 18.6. The lowest BCUT2D eigenvalue weighted by Gasteiger charge is -2.17. The fourth-order valence-corrected chi connectivity index (χ4v) is 4.82. The fraction of sp³-hybridized carbons (Fsp3) is 0.304. The first kappa shape index (κ1) is 25.6. The van der Waals surface area contributed by atoms with Crippen LogP contribution in [0.2, 0.25) is 0 Å². The number of halogens is 2. The lowest BCUT2D eigenvalue weighted by atomic mass is 10.1. The molecule has 0 aliphatic rings. The zero-order valence-corrected chi connectivity index (χ0v) is 20.3. The van der Waals surface area contributed by atoms with Gasteiger partial charge in [-0.3, -0.25) is 14.9 Å². The van der Waals surface area contributed by atoms with Crippen molar-refractivity contribution in [3.8, 4) is 5.75 Å². The molecule has 2 amide bonds. The van der Waals surface area contributed by atoms with Gasteiger partial charge in [-0.05, 0) is 41.8 Å². The van der Waals surface area contributed by atoms with Gasteiger partial charge in [-0.25, -0.2) is 8.78 Å². The van der Waals surface area contributed by atoms with Gasteiger partial charge in [0.15, 0.2) is 4.34 Å². The Morgan fingerprint density at radius 1 is 1.12 bits per heavy atom. The number of rotatable bonds is 11. The molecule has 0 spiro atoms. The van der Waals surface area contributed by atoms with Crippen molar-refractivity contribution in [2.24, 2.45) is 0 Å². The number of ether oxygens (including phenoxy) is 1. The molecule has 11 heteroatoms. The summed E-state index contributed by atoms with van der Waals surface area (Å²) in [4.78, 5) is 25.1. The maximum atomic E-state index is 13.4. The van der Waals surface area contributed by atoms with Crippen LogP contribution in [0.25, 0.3) is 0 Å². The summed E-state index contributed by atoms with van der Waals surface area (Å²) in [5.41, 5.74) is 1.25. The van der Waals surface area contributed by atoms with Crippen molar-refractivity contribution < 1.29 is 23.1 Å². The summed E-state index contributed by atoms with van der Waals surface area (Å²) < 4.78 is 32.6. The average Bonchev–Trinajstić information content (AvgIpc) is 3.24. The van der Waals surface area contributed by atoms with E-state index in [1.807, 2.05) is 31.2 Å². The van der Waals surface area contributed by atoms with Crippen molar-refractivity contribution in [2.45, 2.75) is 42.3 Å². The molecule has 34 heavy (non-hydrogen) atoms. The number of thioether (sulfide) groups is 1. The molecule has 1 atom stereocenters. The molecule has 0 aliphatic carbocycles. The monoisotopic (exact) mass is 506 g/mol. The summed E-state index contributed by atoms with van der Waals surface area (Å²) in [6.07, 6.45) is 0.794. The minimum Gasteiger partial charge on any atom is -0.497 e. The van der Waals surface area contributed by atoms with Gasteiger partial charge in [0.25, 0.3) is 0 Å². The zero-order chi connectivity index (χ0) is 24.5. The molecule has 0 saturated carbocycles. The van der Waals surface area contributed by atoms with Crippen LogP contribution in [-0.2, 0) is 21.8 Å². The van der Waals surface area contributed by atoms with Gasteiger partial charge in [-0.15, -0.1) is 10.2 Å². The summed E-state index contributed by atoms with van der Waals surface area (Å²) in [5.74, 6) is -1.03. The third kappa shape index (κ3) is 7.77. The largest absolute Gasteiger partial charge is 0.497 e. The maximum absolute atomic E-state index is 13.4. The van der Waals surface area contributed by atoms with Gasteiger partial charge in [-0.1, -0.05) is 48.6 Å². The molecule has 3 aromatic rings. The molecule has 2 N–H and O–H groups in total. The summed E-state index contributed by atoms with van der Waals surface area (Å²) in [7, 11) is 1.61. The number of hydrogen-bond donors (Lipinski definition) is 2. The van der Waals surface area contributed by atoms with Crippen molar-refractivity contribution in [3.63, 3.8) is 0 Å². The van der Waals surface area contributed by atoms with E-state index < -0.39 is 29.5 Å². The van der Waals surface area contributed by atoms with Crippen LogP contribution in [0.4, 0.5) is 13.9 Å². The normalized spacial score (nSPS) is 11.6. The van der Waals surface area contributed by atoms with Gasteiger partial charge in [0.1, 0.15) is 23.4 Å². The lowest BCUT2D eigenvalue weighted by molar-refractivity contribution is -0.126. The van der Waals surface area contributed by atoms with Gasteiger partial charge >= 0.3 is 0 Å². The number of aromatic nitrogens is 2. The van der Waals surface area contributed by atoms with Crippen LogP contribution >= 0.6 is 23.1 Å². The molecular weight excluding hydrogens is 482 g/mol. The van der Waals surface area contributed by atoms with E-state index >= 15 is 0 Å². The molecule has 0 bridgehead atoms. The predicted octanol–water partition coefficient (Wildman–Crippen LogP) is 4.58. The van der Waals surface area contributed by atoms with Gasteiger partial charge in [0.2, 0.25) is 16.9 Å². The van der Waals surface area contributed by atoms with E-state index in [-0.39, 0.29) is 12.0 Å². The smallest absolute Gasteiger partial charge is 0.248 e. The van der Waals surface area contributed by atoms with Crippen LogP contribution in [0.5, 0.6) is 5.75 Å². The van der Waals surface area contributed by atoms with E-state index in [9.17, 15) is 18.4 Å². The number of methoxy groups -OCH3 is 1. The van der Waals surface area contributed by atoms with Crippen molar-refractivity contribution in [1.82, 2.24) is 15.5 Å². The van der Waals surface area contributed by atoms with Crippen molar-refractivity contribution >= 4 is 40.0 Å². The minimum absolute atomic E-state index is 0.187. The number of carbonyl (C=O) groups is 2. The van der Waals surface area contributed by atoms with E-state index in [1.165, 1.54) is 23.1 Å². The molecule has 1 aromatic heterocycles. The molecule has 0 fully saturated rings. The van der Waals surface area contributed by atoms with Crippen LogP contribution in [0, 0.1) is 11.6 Å². The molecule has 7 nitrogen and oxygen atoms in total. The van der Waals surface area contributed by atoms with E-state index in [2.05, 4.69) is 20.8 Å². The van der Waals surface area contributed by atoms with Crippen LogP contribution in [-0.4, -0.2) is 35.2 Å². The van der Waals surface area contributed by atoms with Crippen LogP contribution in [0.3, 0.4) is 0 Å². The Labute approximate surface area is 204 Å². The molecule has 2 aromatic carbocycles. The molecule has 180 valence electrons. The predicted molar refractivity (Wildman–Crippen MR) is 128 cm³/mol. The van der Waals surface area contributed by atoms with E-state index in [0.29, 0.717) is 28.1 Å². The summed E-state index contributed by atoms with van der Waals surface area (Å²) in [6.45, 7) is 1.88. The molecule has 0 radical (unpaired) electrons. The first-order valence-electron chi connectivity index (χ1n) is 10.5. The second kappa shape index (κ2) is 12.4. The van der Waals surface area contributed by atoms with Crippen LogP contribution in [0.15, 0.2) is 46.8 Å². The Morgan fingerprint density at radius 3 is 2.59 bits per heavy atom. The first-order valence-corrected chi connectivity index (χ1v) is 12.3. The van der Waals surface area contributed by atoms with Crippen LogP contribution in [0.1, 0.15) is 30.9 Å². The van der Waals surface area contributed by atoms with Gasteiger partial charge < -0.3 is 10.1 Å². The molecule has 1 heterocycles. The fourth-order valence-electron chi connectivity index (χ4n) is 3.12. The van der Waals surface area contributed by atoms with E-state index in [1.54, 1.807) is 7.11 Å². The number of hydrogen-bond acceptors (Lipinski definition) is 7. The van der Waals surface area contributed by atoms with Crippen molar-refractivity contribution in [3.05, 3.63) is 65.2 Å². The molecule has 0 saturated heterocycles. The lowest BCUT2D eigenvalue weighted by Crippen LogP contribution is -2.44. The minimum atomic E-state index is -0.812.